The molecule has 4 N–H and O–H groups in total. The molecule has 1 saturated carbocycles. The maximum Gasteiger partial charge on any atom is 0.171 e. The number of aliphatic hydroxyl groups is 1. The lowest BCUT2D eigenvalue weighted by molar-refractivity contribution is 0.0465. The zero-order chi connectivity index (χ0) is 14.0. The number of anilines is 1. The van der Waals surface area contributed by atoms with E-state index in [0.29, 0.717) is 11.5 Å². The number of nitrogens with two attached hydrogens (primary N) is 1. The van der Waals surface area contributed by atoms with Gasteiger partial charge in [-0.15, -0.1) is 0 Å². The van der Waals surface area contributed by atoms with Gasteiger partial charge in [-0.2, -0.15) is 0 Å². The van der Waals surface area contributed by atoms with Crippen molar-refractivity contribution in [2.45, 2.75) is 18.9 Å². The zero-order valence-corrected chi connectivity index (χ0v) is 12.3. The summed E-state index contributed by atoms with van der Waals surface area (Å²) in [4.78, 5) is 2.15. The van der Waals surface area contributed by atoms with E-state index in [9.17, 15) is 5.11 Å². The SMILES string of the molecule is CN(CC1CC(O)C1)c1ccc(/C(N)=N/O)c(Br)c1. The van der Waals surface area contributed by atoms with E-state index in [4.69, 9.17) is 10.9 Å². The Bertz CT molecular complexity index is 487. The highest BCUT2D eigenvalue weighted by Crippen LogP contribution is 2.30. The highest BCUT2D eigenvalue weighted by molar-refractivity contribution is 9.10. The van der Waals surface area contributed by atoms with Crippen LogP contribution in [0.1, 0.15) is 18.4 Å². The minimum atomic E-state index is -0.118. The van der Waals surface area contributed by atoms with Crippen LogP contribution >= 0.6 is 15.9 Å². The molecule has 1 fully saturated rings. The summed E-state index contributed by atoms with van der Waals surface area (Å²) in [5.41, 5.74) is 7.30. The number of amidine groups is 1. The summed E-state index contributed by atoms with van der Waals surface area (Å²) in [5.74, 6) is 0.644. The molecule has 0 atom stereocenters. The first-order chi connectivity index (χ1) is 9.01. The highest BCUT2D eigenvalue weighted by Gasteiger charge is 2.28. The van der Waals surface area contributed by atoms with Crippen LogP contribution in [0.3, 0.4) is 0 Å². The van der Waals surface area contributed by atoms with Gasteiger partial charge >= 0.3 is 0 Å². The van der Waals surface area contributed by atoms with E-state index in [0.717, 1.165) is 29.5 Å². The van der Waals surface area contributed by atoms with Crippen LogP contribution in [-0.2, 0) is 0 Å². The van der Waals surface area contributed by atoms with Gasteiger partial charge in [-0.3, -0.25) is 0 Å². The molecule has 0 heterocycles. The summed E-state index contributed by atoms with van der Waals surface area (Å²) in [6.45, 7) is 0.923. The standard InChI is InChI=1S/C13H18BrN3O2/c1-17(7-8-4-10(18)5-8)9-2-3-11(12(14)6-9)13(15)16-19/h2-3,6,8,10,18-19H,4-5,7H2,1H3,(H2,15,16). The fourth-order valence-corrected chi connectivity index (χ4v) is 2.92. The maximum absolute atomic E-state index is 9.29. The van der Waals surface area contributed by atoms with Crippen molar-refractivity contribution in [2.24, 2.45) is 16.8 Å². The molecule has 5 nitrogen and oxygen atoms in total. The normalized spacial score (nSPS) is 23.0. The number of halogens is 1. The van der Waals surface area contributed by atoms with Crippen LogP contribution < -0.4 is 10.6 Å². The zero-order valence-electron chi connectivity index (χ0n) is 10.8. The summed E-state index contributed by atoms with van der Waals surface area (Å²) in [7, 11) is 2.02. The molecule has 19 heavy (non-hydrogen) atoms. The van der Waals surface area contributed by atoms with Crippen molar-refractivity contribution < 1.29 is 10.3 Å². The van der Waals surface area contributed by atoms with Crippen molar-refractivity contribution in [1.82, 2.24) is 0 Å². The third kappa shape index (κ3) is 3.19. The molecule has 1 aliphatic carbocycles. The van der Waals surface area contributed by atoms with Crippen LogP contribution in [0.2, 0.25) is 0 Å². The molecule has 0 spiro atoms. The Balaban J connectivity index is 2.06. The number of hydrogen-bond acceptors (Lipinski definition) is 4. The molecular formula is C13H18BrN3O2. The maximum atomic E-state index is 9.29. The topological polar surface area (TPSA) is 82.1 Å². The Hall–Kier alpha value is -1.27. The van der Waals surface area contributed by atoms with Gasteiger partial charge in [0, 0.05) is 29.3 Å². The largest absolute Gasteiger partial charge is 0.409 e. The van der Waals surface area contributed by atoms with Crippen molar-refractivity contribution in [3.63, 3.8) is 0 Å². The molecule has 0 aliphatic heterocycles. The average Bonchev–Trinajstić information content (AvgIpc) is 2.35. The Labute approximate surface area is 120 Å². The second-order valence-electron chi connectivity index (χ2n) is 5.02. The van der Waals surface area contributed by atoms with Gasteiger partial charge in [0.2, 0.25) is 0 Å². The summed E-state index contributed by atoms with van der Waals surface area (Å²) in [5, 5.41) is 21.0. The number of rotatable bonds is 4. The number of oxime groups is 1. The summed E-state index contributed by atoms with van der Waals surface area (Å²) in [6.07, 6.45) is 1.65. The molecular weight excluding hydrogens is 310 g/mol. The van der Waals surface area contributed by atoms with E-state index < -0.39 is 0 Å². The molecule has 0 bridgehead atoms. The Kier molecular flexibility index (Phi) is 4.31. The van der Waals surface area contributed by atoms with Gasteiger partial charge in [-0.1, -0.05) is 5.16 Å². The number of nitrogens with zero attached hydrogens (tertiary/aromatic N) is 2. The molecule has 2 rings (SSSR count). The lowest BCUT2D eigenvalue weighted by Gasteiger charge is -2.35. The number of hydrogen-bond donors (Lipinski definition) is 3. The van der Waals surface area contributed by atoms with Gasteiger partial charge in [-0.25, -0.2) is 0 Å². The monoisotopic (exact) mass is 327 g/mol. The van der Waals surface area contributed by atoms with E-state index in [-0.39, 0.29) is 11.9 Å². The molecule has 1 aliphatic rings. The predicted molar refractivity (Wildman–Crippen MR) is 78.7 cm³/mol. The van der Waals surface area contributed by atoms with Crippen LogP contribution in [0.25, 0.3) is 0 Å². The second-order valence-corrected chi connectivity index (χ2v) is 5.88. The van der Waals surface area contributed by atoms with Crippen LogP contribution in [-0.4, -0.2) is 35.8 Å². The van der Waals surface area contributed by atoms with Gasteiger partial charge in [0.1, 0.15) is 0 Å². The summed E-state index contributed by atoms with van der Waals surface area (Å²) < 4.78 is 0.792. The predicted octanol–water partition coefficient (Wildman–Crippen LogP) is 1.75. The van der Waals surface area contributed by atoms with Crippen molar-refractivity contribution in [2.75, 3.05) is 18.5 Å². The fraction of sp³-hybridized carbons (Fsp3) is 0.462. The van der Waals surface area contributed by atoms with E-state index >= 15 is 0 Å². The van der Waals surface area contributed by atoms with E-state index in [1.165, 1.54) is 0 Å². The second kappa shape index (κ2) is 5.79. The minimum Gasteiger partial charge on any atom is -0.409 e. The van der Waals surface area contributed by atoms with E-state index in [2.05, 4.69) is 26.0 Å². The lowest BCUT2D eigenvalue weighted by atomic mass is 9.82. The Morgan fingerprint density at radius 2 is 2.21 bits per heavy atom. The first-order valence-corrected chi connectivity index (χ1v) is 6.97. The van der Waals surface area contributed by atoms with Crippen LogP contribution in [0, 0.1) is 5.92 Å². The van der Waals surface area contributed by atoms with Gasteiger partial charge in [0.25, 0.3) is 0 Å². The fourth-order valence-electron chi connectivity index (χ4n) is 2.35. The summed E-state index contributed by atoms with van der Waals surface area (Å²) >= 11 is 3.43. The lowest BCUT2D eigenvalue weighted by Crippen LogP contribution is -2.37. The quantitative estimate of drug-likeness (QED) is 0.340. The molecule has 0 amide bonds. The third-order valence-corrected chi connectivity index (χ3v) is 4.18. The van der Waals surface area contributed by atoms with Crippen molar-refractivity contribution >= 4 is 27.5 Å². The molecule has 1 aromatic rings. The molecule has 6 heteroatoms. The molecule has 104 valence electrons. The van der Waals surface area contributed by atoms with Crippen molar-refractivity contribution in [3.8, 4) is 0 Å². The van der Waals surface area contributed by atoms with Crippen LogP contribution in [0.15, 0.2) is 27.8 Å². The van der Waals surface area contributed by atoms with Crippen LogP contribution in [0.4, 0.5) is 5.69 Å². The van der Waals surface area contributed by atoms with Gasteiger partial charge in [-0.05, 0) is 52.9 Å². The van der Waals surface area contributed by atoms with Crippen molar-refractivity contribution in [3.05, 3.63) is 28.2 Å². The Morgan fingerprint density at radius 3 is 2.74 bits per heavy atom. The number of aliphatic hydroxyl groups excluding tert-OH is 1. The first-order valence-electron chi connectivity index (χ1n) is 6.18. The highest BCUT2D eigenvalue weighted by atomic mass is 79.9. The smallest absolute Gasteiger partial charge is 0.171 e. The van der Waals surface area contributed by atoms with Crippen LogP contribution in [0.5, 0.6) is 0 Å². The van der Waals surface area contributed by atoms with Gasteiger partial charge < -0.3 is 20.9 Å². The summed E-state index contributed by atoms with van der Waals surface area (Å²) in [6, 6.07) is 5.70. The minimum absolute atomic E-state index is 0.0863. The molecule has 0 saturated heterocycles. The van der Waals surface area contributed by atoms with Gasteiger partial charge in [0.15, 0.2) is 5.84 Å². The molecule has 0 unspecified atom stereocenters. The first kappa shape index (κ1) is 14.1. The average molecular weight is 328 g/mol. The van der Waals surface area contributed by atoms with Gasteiger partial charge in [0.05, 0.1) is 6.10 Å². The Morgan fingerprint density at radius 1 is 1.53 bits per heavy atom. The van der Waals surface area contributed by atoms with Crippen molar-refractivity contribution in [1.29, 1.82) is 0 Å². The molecule has 1 aromatic carbocycles. The molecule has 0 radical (unpaired) electrons. The van der Waals surface area contributed by atoms with E-state index in [1.54, 1.807) is 0 Å². The third-order valence-electron chi connectivity index (χ3n) is 3.52. The molecule has 0 aromatic heterocycles. The number of benzene rings is 1. The van der Waals surface area contributed by atoms with E-state index in [1.807, 2.05) is 25.2 Å².